The number of hydrogen-bond donors (Lipinski definition) is 1. The Bertz CT molecular complexity index is 1260. The number of methoxy groups -OCH3 is 2. The summed E-state index contributed by atoms with van der Waals surface area (Å²) < 4.78 is 26.7. The van der Waals surface area contributed by atoms with E-state index in [-0.39, 0.29) is 17.0 Å². The lowest BCUT2D eigenvalue weighted by Crippen LogP contribution is -2.26. The predicted molar refractivity (Wildman–Crippen MR) is 118 cm³/mol. The van der Waals surface area contributed by atoms with Crippen molar-refractivity contribution in [3.05, 3.63) is 50.6 Å². The lowest BCUT2D eigenvalue weighted by atomic mass is 9.93. The van der Waals surface area contributed by atoms with Gasteiger partial charge in [-0.25, -0.2) is 9.18 Å². The molecule has 2 N–H and O–H groups in total. The Kier molecular flexibility index (Phi) is 4.86. The predicted octanol–water partition coefficient (Wildman–Crippen LogP) is 4.14. The van der Waals surface area contributed by atoms with E-state index in [2.05, 4.69) is 6.07 Å². The van der Waals surface area contributed by atoms with Crippen LogP contribution in [0.5, 0.6) is 5.75 Å². The highest BCUT2D eigenvalue weighted by atomic mass is 32.1. The number of rotatable bonds is 4. The second-order valence-electron chi connectivity index (χ2n) is 8.13. The third kappa shape index (κ3) is 3.16. The number of pyridine rings is 1. The van der Waals surface area contributed by atoms with Crippen molar-refractivity contribution < 1.29 is 18.7 Å². The maximum Gasteiger partial charge on any atom is 0.343 e. The Labute approximate surface area is 182 Å². The van der Waals surface area contributed by atoms with Crippen molar-refractivity contribution in [1.82, 2.24) is 4.57 Å². The molecule has 8 heteroatoms. The van der Waals surface area contributed by atoms with Crippen molar-refractivity contribution in [2.45, 2.75) is 43.9 Å². The van der Waals surface area contributed by atoms with Gasteiger partial charge >= 0.3 is 5.97 Å². The lowest BCUT2D eigenvalue weighted by molar-refractivity contribution is 0.0598. The van der Waals surface area contributed by atoms with E-state index >= 15 is 0 Å². The minimum absolute atomic E-state index is 0.0169. The molecule has 0 radical (unpaired) electrons. The van der Waals surface area contributed by atoms with Crippen LogP contribution < -0.4 is 15.9 Å². The van der Waals surface area contributed by atoms with Gasteiger partial charge in [0.15, 0.2) is 5.75 Å². The minimum Gasteiger partial charge on any atom is -0.494 e. The summed E-state index contributed by atoms with van der Waals surface area (Å²) in [5, 5.41) is 0.414. The zero-order valence-electron chi connectivity index (χ0n) is 17.3. The smallest absolute Gasteiger partial charge is 0.343 e. The van der Waals surface area contributed by atoms with Crippen molar-refractivity contribution in [2.24, 2.45) is 5.73 Å². The first-order valence-electron chi connectivity index (χ1n) is 10.3. The number of esters is 1. The summed E-state index contributed by atoms with van der Waals surface area (Å²) in [6.07, 6.45) is 3.57. The van der Waals surface area contributed by atoms with E-state index in [9.17, 15) is 14.0 Å². The zero-order chi connectivity index (χ0) is 21.9. The fraction of sp³-hybridized carbons (Fsp3) is 0.391. The van der Waals surface area contributed by atoms with E-state index in [1.54, 1.807) is 19.4 Å². The molecule has 2 aromatic heterocycles. The van der Waals surface area contributed by atoms with Crippen LogP contribution in [0.3, 0.4) is 0 Å². The third-order valence-electron chi connectivity index (χ3n) is 6.19. The largest absolute Gasteiger partial charge is 0.494 e. The molecule has 2 aliphatic rings. The molecule has 0 amide bonds. The molecule has 162 valence electrons. The van der Waals surface area contributed by atoms with Gasteiger partial charge in [0, 0.05) is 27.6 Å². The SMILES string of the molecule is COC(=O)c1cn(C2CC2)c2c(OC)c(-c3cc4c(s3)C(N)C(F)CC4)ccc2c1=O. The number of ether oxygens (including phenoxy) is 2. The van der Waals surface area contributed by atoms with Gasteiger partial charge in [0.25, 0.3) is 0 Å². The summed E-state index contributed by atoms with van der Waals surface area (Å²) in [7, 11) is 2.84. The number of carbonyl (C=O) groups excluding carboxylic acids is 1. The van der Waals surface area contributed by atoms with Gasteiger partial charge in [-0.05, 0) is 49.4 Å². The Hall–Kier alpha value is -2.71. The molecule has 1 aromatic carbocycles. The standard InChI is InChI=1S/C23H23FN2O4S/c1-29-21-13(17-9-11-3-8-16(24)18(25)22(11)31-17)6-7-14-19(21)26(12-4-5-12)10-15(20(14)27)23(28)30-2/h6-7,9-10,12,16,18H,3-5,8,25H2,1-2H3. The first-order chi connectivity index (χ1) is 14.9. The first kappa shape index (κ1) is 20.2. The molecule has 0 saturated heterocycles. The molecule has 1 fully saturated rings. The molecule has 5 rings (SSSR count). The highest BCUT2D eigenvalue weighted by molar-refractivity contribution is 7.15. The van der Waals surface area contributed by atoms with E-state index in [1.165, 1.54) is 18.4 Å². The highest BCUT2D eigenvalue weighted by Gasteiger charge is 2.32. The van der Waals surface area contributed by atoms with E-state index < -0.39 is 18.2 Å². The number of nitrogens with two attached hydrogens (primary N) is 1. The maximum atomic E-state index is 14.1. The van der Waals surface area contributed by atoms with Gasteiger partial charge in [-0.15, -0.1) is 11.3 Å². The van der Waals surface area contributed by atoms with Crippen LogP contribution in [0.4, 0.5) is 4.39 Å². The fourth-order valence-electron chi connectivity index (χ4n) is 4.41. The van der Waals surface area contributed by atoms with Gasteiger partial charge < -0.3 is 19.8 Å². The monoisotopic (exact) mass is 442 g/mol. The van der Waals surface area contributed by atoms with Crippen LogP contribution in [-0.2, 0) is 11.2 Å². The van der Waals surface area contributed by atoms with Crippen LogP contribution in [0.2, 0.25) is 0 Å². The van der Waals surface area contributed by atoms with Crippen LogP contribution in [0, 0.1) is 0 Å². The molecular weight excluding hydrogens is 419 g/mol. The quantitative estimate of drug-likeness (QED) is 0.614. The average molecular weight is 443 g/mol. The number of fused-ring (bicyclic) bond motifs is 2. The number of benzene rings is 1. The number of nitrogens with zero attached hydrogens (tertiary/aromatic N) is 1. The van der Waals surface area contributed by atoms with Gasteiger partial charge in [0.2, 0.25) is 5.43 Å². The van der Waals surface area contributed by atoms with Crippen LogP contribution in [0.1, 0.15) is 52.1 Å². The minimum atomic E-state index is -1.03. The van der Waals surface area contributed by atoms with Gasteiger partial charge in [0.1, 0.15) is 11.7 Å². The van der Waals surface area contributed by atoms with E-state index in [1.807, 2.05) is 10.6 Å². The summed E-state index contributed by atoms with van der Waals surface area (Å²) in [5.74, 6) is -0.0769. The fourth-order valence-corrected chi connectivity index (χ4v) is 5.69. The van der Waals surface area contributed by atoms with Gasteiger partial charge in [-0.1, -0.05) is 0 Å². The molecule has 2 heterocycles. The number of carbonyl (C=O) groups is 1. The van der Waals surface area contributed by atoms with Crippen molar-refractivity contribution in [1.29, 1.82) is 0 Å². The Balaban J connectivity index is 1.75. The molecule has 2 atom stereocenters. The average Bonchev–Trinajstić information content (AvgIpc) is 3.53. The molecular formula is C23H23FN2O4S. The molecule has 0 spiro atoms. The second kappa shape index (κ2) is 7.46. The molecule has 3 aromatic rings. The van der Waals surface area contributed by atoms with Crippen LogP contribution >= 0.6 is 11.3 Å². The summed E-state index contributed by atoms with van der Waals surface area (Å²) in [4.78, 5) is 27.0. The van der Waals surface area contributed by atoms with Crippen molar-refractivity contribution in [3.63, 3.8) is 0 Å². The number of halogens is 1. The molecule has 1 saturated carbocycles. The molecule has 0 bridgehead atoms. The molecule has 0 aliphatic heterocycles. The summed E-state index contributed by atoms with van der Waals surface area (Å²) >= 11 is 1.48. The van der Waals surface area contributed by atoms with Crippen molar-refractivity contribution >= 4 is 28.2 Å². The number of thiophene rings is 1. The zero-order valence-corrected chi connectivity index (χ0v) is 18.1. The van der Waals surface area contributed by atoms with Crippen LogP contribution in [0.25, 0.3) is 21.3 Å². The first-order valence-corrected chi connectivity index (χ1v) is 11.1. The van der Waals surface area contributed by atoms with Crippen LogP contribution in [0.15, 0.2) is 29.2 Å². The second-order valence-corrected chi connectivity index (χ2v) is 9.21. The topological polar surface area (TPSA) is 83.6 Å². The van der Waals surface area contributed by atoms with Gasteiger partial charge in [0.05, 0.1) is 31.2 Å². The third-order valence-corrected chi connectivity index (χ3v) is 7.50. The number of aromatic nitrogens is 1. The van der Waals surface area contributed by atoms with Gasteiger partial charge in [-0.2, -0.15) is 0 Å². The van der Waals surface area contributed by atoms with E-state index in [4.69, 9.17) is 15.2 Å². The highest BCUT2D eigenvalue weighted by Crippen LogP contribution is 2.46. The van der Waals surface area contributed by atoms with E-state index in [0.717, 1.165) is 33.7 Å². The van der Waals surface area contributed by atoms with E-state index in [0.29, 0.717) is 29.5 Å². The van der Waals surface area contributed by atoms with Crippen LogP contribution in [-0.4, -0.2) is 30.9 Å². The number of aryl methyl sites for hydroxylation is 1. The molecule has 2 aliphatic carbocycles. The Morgan fingerprint density at radius 3 is 2.71 bits per heavy atom. The summed E-state index contributed by atoms with van der Waals surface area (Å²) in [6, 6.07) is 5.21. The number of hydrogen-bond acceptors (Lipinski definition) is 6. The molecule has 6 nitrogen and oxygen atoms in total. The van der Waals surface area contributed by atoms with Crippen molar-refractivity contribution in [3.8, 4) is 16.2 Å². The normalized spacial score (nSPS) is 20.5. The van der Waals surface area contributed by atoms with Gasteiger partial charge in [-0.3, -0.25) is 4.79 Å². The summed E-state index contributed by atoms with van der Waals surface area (Å²) in [6.45, 7) is 0. The maximum absolute atomic E-state index is 14.1. The Morgan fingerprint density at radius 1 is 1.26 bits per heavy atom. The van der Waals surface area contributed by atoms with Crippen molar-refractivity contribution in [2.75, 3.05) is 14.2 Å². The summed E-state index contributed by atoms with van der Waals surface area (Å²) in [5.41, 5.74) is 8.32. The number of alkyl halides is 1. The molecule has 31 heavy (non-hydrogen) atoms. The Morgan fingerprint density at radius 2 is 2.03 bits per heavy atom. The lowest BCUT2D eigenvalue weighted by Gasteiger charge is -2.22. The molecule has 2 unspecified atom stereocenters.